The van der Waals surface area contributed by atoms with Crippen molar-refractivity contribution >= 4 is 55.2 Å². The molecule has 1 N–H and O–H groups in total. The molecule has 2 aliphatic heterocycles. The average Bonchev–Trinajstić information content (AvgIpc) is 4.25. The first kappa shape index (κ1) is 55.1. The number of aryl methyl sites for hydroxylation is 4. The minimum absolute atomic E-state index is 0.358. The first-order valence-corrected chi connectivity index (χ1v) is 28.6. The minimum atomic E-state index is 0.358. The van der Waals surface area contributed by atoms with Gasteiger partial charge in [0.25, 0.3) is 0 Å². The molecule has 0 bridgehead atoms. The molecule has 0 radical (unpaired) electrons. The van der Waals surface area contributed by atoms with Crippen LogP contribution >= 0.6 is 22.7 Å². The highest BCUT2D eigenvalue weighted by Crippen LogP contribution is 2.35. The Kier molecular flexibility index (Phi) is 19.7. The number of nitrogens with zero attached hydrogens (tertiary/aromatic N) is 4. The topological polar surface area (TPSA) is 85.3 Å². The molecule has 0 atom stereocenters. The molecule has 3 aromatic heterocycles. The van der Waals surface area contributed by atoms with Gasteiger partial charge in [-0.1, -0.05) is 144 Å². The highest BCUT2D eigenvalue weighted by molar-refractivity contribution is 7.18. The fourth-order valence-electron chi connectivity index (χ4n) is 9.01. The van der Waals surface area contributed by atoms with Gasteiger partial charge in [-0.15, -0.1) is 22.7 Å². The van der Waals surface area contributed by atoms with Crippen LogP contribution in [0.3, 0.4) is 0 Å². The van der Waals surface area contributed by atoms with Gasteiger partial charge in [-0.2, -0.15) is 5.10 Å². The predicted molar refractivity (Wildman–Crippen MR) is 313 cm³/mol. The highest BCUT2D eigenvalue weighted by Gasteiger charge is 2.17. The van der Waals surface area contributed by atoms with Crippen LogP contribution in [0.25, 0.3) is 21.1 Å². The van der Waals surface area contributed by atoms with Crippen LogP contribution in [0.4, 0.5) is 5.69 Å². The molecule has 0 saturated heterocycles. The van der Waals surface area contributed by atoms with E-state index in [1.54, 1.807) is 27.3 Å². The van der Waals surface area contributed by atoms with E-state index in [0.29, 0.717) is 42.3 Å². The number of aliphatic imine (C=N–C) groups is 1. The monoisotopic (exact) mass is 1020 g/mol. The quantitative estimate of drug-likeness (QED) is 0.179. The van der Waals surface area contributed by atoms with Gasteiger partial charge >= 0.3 is 0 Å². The zero-order chi connectivity index (χ0) is 52.2. The molecule has 5 aromatic carbocycles. The van der Waals surface area contributed by atoms with Gasteiger partial charge in [0.05, 0.1) is 43.3 Å². The molecule has 4 aliphatic rings. The van der Waals surface area contributed by atoms with Gasteiger partial charge in [0.15, 0.2) is 11.5 Å². The normalized spacial score (nSPS) is 13.8. The van der Waals surface area contributed by atoms with E-state index in [1.807, 2.05) is 35.7 Å². The van der Waals surface area contributed by atoms with Crippen molar-refractivity contribution in [3.8, 4) is 11.5 Å². The second-order valence-electron chi connectivity index (χ2n) is 21.7. The second-order valence-corrected chi connectivity index (χ2v) is 23.9. The first-order chi connectivity index (χ1) is 35.0. The van der Waals surface area contributed by atoms with Gasteiger partial charge in [-0.25, -0.2) is 9.97 Å². The fourth-order valence-corrected chi connectivity index (χ4v) is 11.1. The molecule has 0 amide bonds. The number of rotatable bonds is 6. The molecule has 0 unspecified atom stereocenters. The number of hydrogen-bond donors (Lipinski definition) is 1. The lowest BCUT2D eigenvalue weighted by molar-refractivity contribution is 0.174. The summed E-state index contributed by atoms with van der Waals surface area (Å²) in [5.74, 6) is 5.29. The van der Waals surface area contributed by atoms with Crippen molar-refractivity contribution < 1.29 is 9.47 Å². The van der Waals surface area contributed by atoms with E-state index in [2.05, 4.69) is 194 Å². The number of aromatic nitrogens is 4. The Morgan fingerprint density at radius 1 is 0.521 bits per heavy atom. The molecule has 5 heterocycles. The maximum Gasteiger partial charge on any atom is 0.231 e. The molecular weight excluding hydrogens is 935 g/mol. The number of H-pyrrole nitrogens is 1. The molecule has 0 spiro atoms. The van der Waals surface area contributed by atoms with Crippen molar-refractivity contribution in [2.75, 3.05) is 6.79 Å². The molecule has 73 heavy (non-hydrogen) atoms. The van der Waals surface area contributed by atoms with Crippen LogP contribution in [-0.2, 0) is 32.1 Å². The van der Waals surface area contributed by atoms with Crippen molar-refractivity contribution in [2.45, 2.75) is 177 Å². The zero-order valence-electron chi connectivity index (χ0n) is 46.1. The SMILES string of the molecule is CC(C)c1ccc2c(c1)CCC2.CC(C)c1ccc2c(c1)OCO2.CC(C)c1ccc2cn[nH]c2c1.CC(C)c1nc2c(s1)CCCC2.CC(C)c1nc2ccccc2s1.CC1=Nc2cc(C(C)C)ccc2C1. The van der Waals surface area contributed by atoms with E-state index in [9.17, 15) is 0 Å². The summed E-state index contributed by atoms with van der Waals surface area (Å²) < 4.78 is 11.8. The number of thiazole rings is 2. The molecule has 7 nitrogen and oxygen atoms in total. The van der Waals surface area contributed by atoms with E-state index in [-0.39, 0.29) is 0 Å². The van der Waals surface area contributed by atoms with Crippen molar-refractivity contribution in [1.82, 2.24) is 20.2 Å². The van der Waals surface area contributed by atoms with Gasteiger partial charge in [-0.05, 0) is 151 Å². The fraction of sp³-hybridized carbons (Fsp3) is 0.438. The van der Waals surface area contributed by atoms with Gasteiger partial charge in [0.1, 0.15) is 0 Å². The Morgan fingerprint density at radius 3 is 1.82 bits per heavy atom. The Labute approximate surface area is 445 Å². The summed E-state index contributed by atoms with van der Waals surface area (Å²) in [5, 5.41) is 10.7. The lowest BCUT2D eigenvalue weighted by Gasteiger charge is -2.07. The van der Waals surface area contributed by atoms with E-state index < -0.39 is 0 Å². The smallest absolute Gasteiger partial charge is 0.231 e. The third-order valence-corrected chi connectivity index (χ3v) is 16.5. The Balaban J connectivity index is 0.000000128. The van der Waals surface area contributed by atoms with Crippen molar-refractivity contribution in [1.29, 1.82) is 0 Å². The maximum absolute atomic E-state index is 5.27. The summed E-state index contributed by atoms with van der Waals surface area (Å²) in [5.41, 5.74) is 16.2. The number of fused-ring (bicyclic) bond motifs is 6. The Hall–Kier alpha value is -5.64. The van der Waals surface area contributed by atoms with E-state index in [0.717, 1.165) is 29.0 Å². The molecule has 386 valence electrons. The summed E-state index contributed by atoms with van der Waals surface area (Å²) in [6.07, 6.45) is 12.0. The summed E-state index contributed by atoms with van der Waals surface area (Å²) in [6.45, 7) is 28.9. The standard InChI is InChI=1S/C12H15N.C12H16.C10H12N2.C10H15NS.C10H11NS.C10H12O2/c1-8(2)10-4-5-11-6-9(3)13-12(11)7-10;1-9(2)11-7-6-10-4-3-5-12(10)8-11;1-7(2)8-3-4-9-6-11-12-10(9)5-8;2*1-7(2)10-11-8-5-3-4-6-9(8)12-10;1-7(2)8-3-4-9-10(5-8)12-6-11-9/h4-5,7-8H,6H2,1-3H3;6-9H,3-5H2,1-2H3;3-7H,1-2H3,(H,11,12);7H,3-6H2,1-2H3;3-7H,1-2H3;3-5,7H,6H2,1-2H3. The summed E-state index contributed by atoms with van der Waals surface area (Å²) in [6, 6.07) is 34.5. The molecule has 2 aliphatic carbocycles. The molecule has 0 fully saturated rings. The number of para-hydroxylation sites is 1. The van der Waals surface area contributed by atoms with Gasteiger partial charge in [-0.3, -0.25) is 10.1 Å². The number of benzene rings is 5. The van der Waals surface area contributed by atoms with Gasteiger partial charge in [0.2, 0.25) is 6.79 Å². The van der Waals surface area contributed by atoms with Crippen LogP contribution in [0.2, 0.25) is 0 Å². The number of nitrogens with one attached hydrogen (secondary N) is 1. The van der Waals surface area contributed by atoms with Crippen molar-refractivity contribution in [2.24, 2.45) is 4.99 Å². The minimum Gasteiger partial charge on any atom is -0.454 e. The molecule has 8 aromatic rings. The Morgan fingerprint density at radius 2 is 1.12 bits per heavy atom. The maximum atomic E-state index is 5.27. The van der Waals surface area contributed by atoms with E-state index in [4.69, 9.17) is 9.47 Å². The molecule has 9 heteroatoms. The van der Waals surface area contributed by atoms with Crippen LogP contribution in [0.1, 0.15) is 204 Å². The van der Waals surface area contributed by atoms with Crippen LogP contribution in [-0.4, -0.2) is 32.7 Å². The van der Waals surface area contributed by atoms with Crippen molar-refractivity contribution in [3.05, 3.63) is 163 Å². The van der Waals surface area contributed by atoms with Crippen molar-refractivity contribution in [3.63, 3.8) is 0 Å². The first-order valence-electron chi connectivity index (χ1n) is 27.0. The Bertz CT molecular complexity index is 2930. The largest absolute Gasteiger partial charge is 0.454 e. The van der Waals surface area contributed by atoms with Gasteiger partial charge in [0, 0.05) is 34.2 Å². The number of aromatic amines is 1. The van der Waals surface area contributed by atoms with Crippen LogP contribution in [0.5, 0.6) is 11.5 Å². The number of hydrogen-bond acceptors (Lipinski definition) is 8. The highest BCUT2D eigenvalue weighted by atomic mass is 32.1. The van der Waals surface area contributed by atoms with Gasteiger partial charge < -0.3 is 9.47 Å². The molecular formula is C64H81N5O2S2. The summed E-state index contributed by atoms with van der Waals surface area (Å²) in [4.78, 5) is 15.3. The lowest BCUT2D eigenvalue weighted by atomic mass is 9.99. The molecule has 0 saturated carbocycles. The van der Waals surface area contributed by atoms with E-state index in [1.165, 1.54) is 110 Å². The summed E-state index contributed by atoms with van der Waals surface area (Å²) >= 11 is 3.73. The predicted octanol–water partition coefficient (Wildman–Crippen LogP) is 18.5. The van der Waals surface area contributed by atoms with Crippen LogP contribution in [0, 0.1) is 0 Å². The van der Waals surface area contributed by atoms with Crippen LogP contribution < -0.4 is 9.47 Å². The number of ether oxygens (including phenoxy) is 2. The molecule has 12 rings (SSSR count). The third kappa shape index (κ3) is 15.2. The average molecular weight is 1020 g/mol. The lowest BCUT2D eigenvalue weighted by Crippen LogP contribution is -1.99. The van der Waals surface area contributed by atoms with Crippen LogP contribution in [0.15, 0.2) is 108 Å². The van der Waals surface area contributed by atoms with E-state index >= 15 is 0 Å². The second kappa shape index (κ2) is 26.0. The third-order valence-electron chi connectivity index (χ3n) is 13.7. The zero-order valence-corrected chi connectivity index (χ0v) is 47.7. The summed E-state index contributed by atoms with van der Waals surface area (Å²) in [7, 11) is 0.